The summed E-state index contributed by atoms with van der Waals surface area (Å²) in [4.78, 5) is 2.41. The van der Waals surface area contributed by atoms with Crippen LogP contribution in [0.4, 0.5) is 0 Å². The van der Waals surface area contributed by atoms with Gasteiger partial charge in [0, 0.05) is 9.79 Å². The molecule has 162 valence electrons. The van der Waals surface area contributed by atoms with Gasteiger partial charge in [-0.2, -0.15) is 0 Å². The van der Waals surface area contributed by atoms with E-state index in [2.05, 4.69) is 62.4 Å². The van der Waals surface area contributed by atoms with Crippen molar-refractivity contribution in [2.45, 2.75) is 74.1 Å². The highest BCUT2D eigenvalue weighted by Gasteiger charge is 2.44. The first kappa shape index (κ1) is 22.2. The largest absolute Gasteiger partial charge is 0.347 e. The van der Waals surface area contributed by atoms with Crippen molar-refractivity contribution in [1.29, 1.82) is 0 Å². The maximum absolute atomic E-state index is 6.11. The van der Waals surface area contributed by atoms with E-state index in [0.29, 0.717) is 13.2 Å². The van der Waals surface area contributed by atoms with E-state index in [1.54, 1.807) is 21.6 Å². The molecule has 0 aromatic heterocycles. The molecule has 2 aliphatic heterocycles. The van der Waals surface area contributed by atoms with Crippen molar-refractivity contribution >= 4 is 21.6 Å². The van der Waals surface area contributed by atoms with Gasteiger partial charge in [-0.15, -0.1) is 0 Å². The molecule has 0 saturated carbocycles. The number of hydrogen-bond acceptors (Lipinski definition) is 6. The molecule has 2 heterocycles. The molecule has 0 spiro atoms. The average Bonchev–Trinajstić information content (AvgIpc) is 3.16. The Morgan fingerprint density at radius 2 is 0.900 bits per heavy atom. The lowest BCUT2D eigenvalue weighted by atomic mass is 9.97. The molecule has 2 atom stereocenters. The van der Waals surface area contributed by atoms with Gasteiger partial charge >= 0.3 is 0 Å². The minimum absolute atomic E-state index is 0.396. The van der Waals surface area contributed by atoms with Crippen molar-refractivity contribution < 1.29 is 18.9 Å². The predicted octanol–water partition coefficient (Wildman–Crippen LogP) is 6.48. The molecule has 30 heavy (non-hydrogen) atoms. The number of ether oxygens (including phenoxy) is 4. The monoisotopic (exact) mass is 446 g/mol. The lowest BCUT2D eigenvalue weighted by Crippen LogP contribution is -2.28. The first-order chi connectivity index (χ1) is 14.0. The van der Waals surface area contributed by atoms with Crippen LogP contribution in [0.1, 0.15) is 52.7 Å². The second-order valence-corrected chi connectivity index (χ2v) is 11.5. The van der Waals surface area contributed by atoms with Crippen molar-refractivity contribution in [3.8, 4) is 0 Å². The van der Waals surface area contributed by atoms with Gasteiger partial charge in [0.2, 0.25) is 0 Å². The average molecular weight is 447 g/mol. The minimum atomic E-state index is -0.535. The summed E-state index contributed by atoms with van der Waals surface area (Å²) in [7, 11) is 3.50. The smallest absolute Gasteiger partial charge is 0.164 e. The molecule has 2 aliphatic rings. The van der Waals surface area contributed by atoms with Crippen LogP contribution in [0.2, 0.25) is 0 Å². The lowest BCUT2D eigenvalue weighted by molar-refractivity contribution is -0.160. The van der Waals surface area contributed by atoms with E-state index in [1.165, 1.54) is 9.79 Å². The maximum Gasteiger partial charge on any atom is 0.164 e. The lowest BCUT2D eigenvalue weighted by Gasteiger charge is -2.25. The predicted molar refractivity (Wildman–Crippen MR) is 122 cm³/mol. The molecule has 0 amide bonds. The third-order valence-corrected chi connectivity index (χ3v) is 7.91. The maximum atomic E-state index is 6.11. The van der Waals surface area contributed by atoms with E-state index in [0.717, 1.165) is 11.1 Å². The van der Waals surface area contributed by atoms with Crippen LogP contribution in [0.15, 0.2) is 58.3 Å². The van der Waals surface area contributed by atoms with Gasteiger partial charge in [-0.05, 0) is 76.9 Å². The summed E-state index contributed by atoms with van der Waals surface area (Å²) in [6.07, 6.45) is 0. The summed E-state index contributed by atoms with van der Waals surface area (Å²) in [5.74, 6) is -1.07. The molecule has 0 N–H and O–H groups in total. The van der Waals surface area contributed by atoms with Gasteiger partial charge < -0.3 is 18.9 Å². The Kier molecular flexibility index (Phi) is 5.79. The van der Waals surface area contributed by atoms with E-state index in [9.17, 15) is 0 Å². The van der Waals surface area contributed by atoms with Gasteiger partial charge in [-0.1, -0.05) is 45.9 Å². The standard InChI is InChI=1S/C24H30O4S2/c1-21(2)25-15-23(5,27-21)17-7-11-19(12-8-17)29-30-20-13-9-18(10-14-20)24(6)16-26-22(3,4)28-24/h7-14H,15-16H2,1-6H3. The fourth-order valence-corrected chi connectivity index (χ4v) is 5.86. The SMILES string of the molecule is CC1(C)OCC(C)(c2ccc(SSc3ccc(C4(C)COC(C)(C)O4)cc3)cc2)O1. The number of rotatable bonds is 5. The molecule has 2 aromatic rings. The number of benzene rings is 2. The molecule has 2 saturated heterocycles. The molecule has 2 unspecified atom stereocenters. The van der Waals surface area contributed by atoms with E-state index in [4.69, 9.17) is 18.9 Å². The van der Waals surface area contributed by atoms with Crippen LogP contribution in [0, 0.1) is 0 Å². The van der Waals surface area contributed by atoms with Gasteiger partial charge in [0.25, 0.3) is 0 Å². The van der Waals surface area contributed by atoms with Crippen LogP contribution in [-0.2, 0) is 30.1 Å². The molecule has 2 aromatic carbocycles. The highest BCUT2D eigenvalue weighted by Crippen LogP contribution is 2.43. The summed E-state index contributed by atoms with van der Waals surface area (Å²) in [5, 5.41) is 0. The first-order valence-corrected chi connectivity index (χ1v) is 12.4. The zero-order chi connectivity index (χ0) is 21.6. The molecular weight excluding hydrogens is 416 g/mol. The highest BCUT2D eigenvalue weighted by molar-refractivity contribution is 8.76. The highest BCUT2D eigenvalue weighted by atomic mass is 33.1. The number of hydrogen-bond donors (Lipinski definition) is 0. The van der Waals surface area contributed by atoms with Crippen LogP contribution in [0.25, 0.3) is 0 Å². The van der Waals surface area contributed by atoms with Crippen molar-refractivity contribution in [3.63, 3.8) is 0 Å². The molecule has 0 aliphatic carbocycles. The van der Waals surface area contributed by atoms with Crippen LogP contribution in [0.5, 0.6) is 0 Å². The van der Waals surface area contributed by atoms with Crippen LogP contribution < -0.4 is 0 Å². The molecule has 4 nitrogen and oxygen atoms in total. The van der Waals surface area contributed by atoms with E-state index in [1.807, 2.05) is 27.7 Å². The Bertz CT molecular complexity index is 819. The van der Waals surface area contributed by atoms with Crippen LogP contribution in [-0.4, -0.2) is 24.8 Å². The summed E-state index contributed by atoms with van der Waals surface area (Å²) in [5.41, 5.74) is 1.49. The Hall–Kier alpha value is -1.02. The molecule has 4 rings (SSSR count). The summed E-state index contributed by atoms with van der Waals surface area (Å²) in [6, 6.07) is 17.1. The molecule has 2 fully saturated rings. The van der Waals surface area contributed by atoms with Gasteiger partial charge in [0.15, 0.2) is 11.6 Å². The Morgan fingerprint density at radius 3 is 1.17 bits per heavy atom. The van der Waals surface area contributed by atoms with E-state index in [-0.39, 0.29) is 0 Å². The summed E-state index contributed by atoms with van der Waals surface area (Å²) >= 11 is 0. The third kappa shape index (κ3) is 4.74. The van der Waals surface area contributed by atoms with Gasteiger partial charge in [-0.3, -0.25) is 0 Å². The van der Waals surface area contributed by atoms with Crippen molar-refractivity contribution in [2.75, 3.05) is 13.2 Å². The zero-order valence-corrected chi connectivity index (χ0v) is 20.1. The first-order valence-electron chi connectivity index (χ1n) is 10.2. The second kappa shape index (κ2) is 7.84. The Labute approximate surface area is 187 Å². The van der Waals surface area contributed by atoms with Crippen LogP contribution >= 0.6 is 21.6 Å². The molecule has 6 heteroatoms. The Balaban J connectivity index is 1.36. The van der Waals surface area contributed by atoms with Crippen molar-refractivity contribution in [3.05, 3.63) is 59.7 Å². The van der Waals surface area contributed by atoms with Crippen molar-refractivity contribution in [2.24, 2.45) is 0 Å². The fraction of sp³-hybridized carbons (Fsp3) is 0.500. The molecular formula is C24H30O4S2. The fourth-order valence-electron chi connectivity index (χ4n) is 3.93. The van der Waals surface area contributed by atoms with E-state index >= 15 is 0 Å². The van der Waals surface area contributed by atoms with Crippen LogP contribution in [0.3, 0.4) is 0 Å². The van der Waals surface area contributed by atoms with Gasteiger partial charge in [0.1, 0.15) is 11.2 Å². The van der Waals surface area contributed by atoms with E-state index < -0.39 is 22.8 Å². The molecule has 0 radical (unpaired) electrons. The summed E-state index contributed by atoms with van der Waals surface area (Å²) < 4.78 is 23.8. The van der Waals surface area contributed by atoms with Crippen molar-refractivity contribution in [1.82, 2.24) is 0 Å². The normalized spacial score (nSPS) is 29.9. The summed E-state index contributed by atoms with van der Waals surface area (Å²) in [6.45, 7) is 13.1. The minimum Gasteiger partial charge on any atom is -0.347 e. The topological polar surface area (TPSA) is 36.9 Å². The molecule has 0 bridgehead atoms. The van der Waals surface area contributed by atoms with Gasteiger partial charge in [0.05, 0.1) is 13.2 Å². The third-order valence-electron chi connectivity index (χ3n) is 5.50. The Morgan fingerprint density at radius 1 is 0.567 bits per heavy atom. The quantitative estimate of drug-likeness (QED) is 0.489. The van der Waals surface area contributed by atoms with Gasteiger partial charge in [-0.25, -0.2) is 0 Å². The zero-order valence-electron chi connectivity index (χ0n) is 18.5. The second-order valence-electron chi connectivity index (χ2n) is 9.26.